The first kappa shape index (κ1) is 18.3. The van der Waals surface area contributed by atoms with Crippen LogP contribution in [-0.2, 0) is 4.79 Å². The van der Waals surface area contributed by atoms with Crippen LogP contribution in [-0.4, -0.2) is 16.1 Å². The van der Waals surface area contributed by atoms with Crippen LogP contribution in [0.1, 0.15) is 18.1 Å². The average molecular weight is 365 g/mol. The number of rotatable bonds is 5. The molecule has 24 heavy (non-hydrogen) atoms. The number of nitro groups is 1. The van der Waals surface area contributed by atoms with Gasteiger partial charge in [-0.1, -0.05) is 29.3 Å². The van der Waals surface area contributed by atoms with Crippen molar-refractivity contribution in [3.05, 3.63) is 62.7 Å². The zero-order valence-electron chi connectivity index (χ0n) is 13.5. The molecule has 0 saturated heterocycles. The van der Waals surface area contributed by atoms with E-state index in [1.54, 1.807) is 6.92 Å². The number of carbonyl (C=O) groups excluding carboxylic acids is 1. The maximum absolute atomic E-state index is 12.3. The third-order valence-corrected chi connectivity index (χ3v) is 5.02. The molecule has 2 aromatic carbocycles. The van der Waals surface area contributed by atoms with Crippen LogP contribution in [0.2, 0.25) is 5.02 Å². The van der Waals surface area contributed by atoms with Crippen molar-refractivity contribution in [2.24, 2.45) is 0 Å². The highest BCUT2D eigenvalue weighted by molar-refractivity contribution is 8.00. The van der Waals surface area contributed by atoms with Crippen molar-refractivity contribution in [1.29, 1.82) is 0 Å². The zero-order chi connectivity index (χ0) is 17.9. The van der Waals surface area contributed by atoms with Crippen molar-refractivity contribution >= 4 is 40.6 Å². The summed E-state index contributed by atoms with van der Waals surface area (Å²) < 4.78 is 0. The van der Waals surface area contributed by atoms with Crippen LogP contribution in [0.25, 0.3) is 0 Å². The minimum Gasteiger partial charge on any atom is -0.324 e. The van der Waals surface area contributed by atoms with Gasteiger partial charge in [0.2, 0.25) is 5.91 Å². The average Bonchev–Trinajstić information content (AvgIpc) is 2.51. The lowest BCUT2D eigenvalue weighted by atomic mass is 10.2. The molecule has 0 saturated carbocycles. The van der Waals surface area contributed by atoms with Gasteiger partial charge < -0.3 is 5.32 Å². The van der Waals surface area contributed by atoms with Crippen molar-refractivity contribution < 1.29 is 9.72 Å². The number of carbonyl (C=O) groups is 1. The SMILES string of the molecule is Cc1ccc(S[C@H](C)C(=O)Nc2ccc([N+](=O)[O-])cc2Cl)c(C)c1. The molecular formula is C17H17ClN2O3S. The first-order chi connectivity index (χ1) is 11.3. The van der Waals surface area contributed by atoms with Crippen LogP contribution in [0.5, 0.6) is 0 Å². The van der Waals surface area contributed by atoms with Crippen molar-refractivity contribution in [3.63, 3.8) is 0 Å². The Kier molecular flexibility index (Phi) is 5.85. The Morgan fingerprint density at radius 2 is 1.96 bits per heavy atom. The fourth-order valence-electron chi connectivity index (χ4n) is 2.13. The van der Waals surface area contributed by atoms with Gasteiger partial charge in [0, 0.05) is 17.0 Å². The molecule has 2 aromatic rings. The molecule has 2 rings (SSSR count). The molecule has 5 nitrogen and oxygen atoms in total. The summed E-state index contributed by atoms with van der Waals surface area (Å²) in [5, 5.41) is 13.2. The summed E-state index contributed by atoms with van der Waals surface area (Å²) in [5.41, 5.74) is 2.54. The highest BCUT2D eigenvalue weighted by Gasteiger charge is 2.18. The number of non-ortho nitro benzene ring substituents is 1. The van der Waals surface area contributed by atoms with Gasteiger partial charge in [0.15, 0.2) is 0 Å². The van der Waals surface area contributed by atoms with Gasteiger partial charge in [-0.25, -0.2) is 0 Å². The van der Waals surface area contributed by atoms with Crippen LogP contribution < -0.4 is 5.32 Å². The second kappa shape index (κ2) is 7.68. The lowest BCUT2D eigenvalue weighted by Gasteiger charge is -2.14. The number of hydrogen-bond acceptors (Lipinski definition) is 4. The van der Waals surface area contributed by atoms with Gasteiger partial charge in [-0.05, 0) is 38.5 Å². The second-order valence-electron chi connectivity index (χ2n) is 5.44. The molecule has 0 bridgehead atoms. The van der Waals surface area contributed by atoms with Crippen LogP contribution in [0.3, 0.4) is 0 Å². The normalized spacial score (nSPS) is 11.8. The molecule has 0 aliphatic rings. The van der Waals surface area contributed by atoms with Gasteiger partial charge in [-0.2, -0.15) is 0 Å². The molecule has 0 aliphatic carbocycles. The summed E-state index contributed by atoms with van der Waals surface area (Å²) in [5.74, 6) is -0.212. The molecule has 0 spiro atoms. The second-order valence-corrected chi connectivity index (χ2v) is 7.23. The van der Waals surface area contributed by atoms with Crippen LogP contribution >= 0.6 is 23.4 Å². The molecule has 7 heteroatoms. The quantitative estimate of drug-likeness (QED) is 0.461. The number of hydrogen-bond donors (Lipinski definition) is 1. The number of thioether (sulfide) groups is 1. The minimum absolute atomic E-state index is 0.115. The Bertz CT molecular complexity index is 795. The Morgan fingerprint density at radius 1 is 1.25 bits per heavy atom. The summed E-state index contributed by atoms with van der Waals surface area (Å²) in [6.45, 7) is 5.83. The molecule has 0 aliphatic heterocycles. The molecule has 1 N–H and O–H groups in total. The molecule has 0 heterocycles. The zero-order valence-corrected chi connectivity index (χ0v) is 15.1. The van der Waals surface area contributed by atoms with Crippen LogP contribution in [0.4, 0.5) is 11.4 Å². The van der Waals surface area contributed by atoms with E-state index in [0.29, 0.717) is 5.69 Å². The van der Waals surface area contributed by atoms with Gasteiger partial charge in [0.1, 0.15) is 0 Å². The van der Waals surface area contributed by atoms with E-state index < -0.39 is 4.92 Å². The first-order valence-electron chi connectivity index (χ1n) is 7.26. The lowest BCUT2D eigenvalue weighted by molar-refractivity contribution is -0.384. The topological polar surface area (TPSA) is 72.2 Å². The number of anilines is 1. The Morgan fingerprint density at radius 3 is 2.54 bits per heavy atom. The Labute approximate surface area is 149 Å². The van der Waals surface area contributed by atoms with Crippen LogP contribution in [0, 0.1) is 24.0 Å². The predicted molar refractivity (Wildman–Crippen MR) is 98.0 cm³/mol. The first-order valence-corrected chi connectivity index (χ1v) is 8.52. The summed E-state index contributed by atoms with van der Waals surface area (Å²) >= 11 is 7.46. The maximum Gasteiger partial charge on any atom is 0.271 e. The molecule has 0 fully saturated rings. The number of aryl methyl sites for hydroxylation is 2. The van der Waals surface area contributed by atoms with E-state index in [-0.39, 0.29) is 21.9 Å². The molecule has 0 aromatic heterocycles. The van der Waals surface area contributed by atoms with Gasteiger partial charge in [0.25, 0.3) is 5.69 Å². The molecule has 0 radical (unpaired) electrons. The number of halogens is 1. The fourth-order valence-corrected chi connectivity index (χ4v) is 3.29. The van der Waals surface area contributed by atoms with E-state index in [9.17, 15) is 14.9 Å². The molecule has 1 amide bonds. The molecule has 126 valence electrons. The lowest BCUT2D eigenvalue weighted by Crippen LogP contribution is -2.22. The number of amides is 1. The van der Waals surface area contributed by atoms with Crippen molar-refractivity contribution in [2.45, 2.75) is 30.9 Å². The summed E-state index contributed by atoms with van der Waals surface area (Å²) in [7, 11) is 0. The number of nitrogens with zero attached hydrogens (tertiary/aromatic N) is 1. The van der Waals surface area contributed by atoms with E-state index in [1.807, 2.05) is 26.0 Å². The van der Waals surface area contributed by atoms with Gasteiger partial charge in [0.05, 0.1) is 20.9 Å². The standard InChI is InChI=1S/C17H17ClN2O3S/c1-10-4-7-16(11(2)8-10)24-12(3)17(21)19-15-6-5-13(20(22)23)9-14(15)18/h4-9,12H,1-3H3,(H,19,21)/t12-/m1/s1. The fraction of sp³-hybridized carbons (Fsp3) is 0.235. The maximum atomic E-state index is 12.3. The molecule has 0 unspecified atom stereocenters. The van der Waals surface area contributed by atoms with Crippen LogP contribution in [0.15, 0.2) is 41.3 Å². The van der Waals surface area contributed by atoms with E-state index in [4.69, 9.17) is 11.6 Å². The van der Waals surface area contributed by atoms with Gasteiger partial charge in [-0.3, -0.25) is 14.9 Å². The predicted octanol–water partition coefficient (Wildman–Crippen LogP) is 4.98. The highest BCUT2D eigenvalue weighted by Crippen LogP contribution is 2.30. The van der Waals surface area contributed by atoms with E-state index >= 15 is 0 Å². The number of nitrogens with one attached hydrogen (secondary N) is 1. The Balaban J connectivity index is 2.07. The minimum atomic E-state index is -0.532. The highest BCUT2D eigenvalue weighted by atomic mass is 35.5. The summed E-state index contributed by atoms with van der Waals surface area (Å²) in [6, 6.07) is 10.0. The van der Waals surface area contributed by atoms with Crippen molar-refractivity contribution in [1.82, 2.24) is 0 Å². The van der Waals surface area contributed by atoms with Crippen molar-refractivity contribution in [2.75, 3.05) is 5.32 Å². The smallest absolute Gasteiger partial charge is 0.271 e. The largest absolute Gasteiger partial charge is 0.324 e. The van der Waals surface area contributed by atoms with Gasteiger partial charge in [-0.15, -0.1) is 11.8 Å². The molecular weight excluding hydrogens is 348 g/mol. The molecule has 1 atom stereocenters. The third kappa shape index (κ3) is 4.49. The van der Waals surface area contributed by atoms with Crippen molar-refractivity contribution in [3.8, 4) is 0 Å². The third-order valence-electron chi connectivity index (χ3n) is 3.42. The summed E-state index contributed by atoms with van der Waals surface area (Å²) in [4.78, 5) is 23.6. The Hall–Kier alpha value is -2.05. The van der Waals surface area contributed by atoms with E-state index in [1.165, 1.54) is 35.5 Å². The monoisotopic (exact) mass is 364 g/mol. The van der Waals surface area contributed by atoms with Gasteiger partial charge >= 0.3 is 0 Å². The van der Waals surface area contributed by atoms with E-state index in [0.717, 1.165) is 10.5 Å². The van der Waals surface area contributed by atoms with E-state index in [2.05, 4.69) is 11.4 Å². The number of benzene rings is 2. The number of nitro benzene ring substituents is 1. The summed E-state index contributed by atoms with van der Waals surface area (Å²) in [6.07, 6.45) is 0.